The zero-order valence-electron chi connectivity index (χ0n) is 6.83. The first-order chi connectivity index (χ1) is 6.08. The molecule has 4 N–H and O–H groups in total. The second-order valence-corrected chi connectivity index (χ2v) is 3.39. The molecule has 5 atom stereocenters. The molecule has 0 amide bonds. The van der Waals surface area contributed by atoms with Crippen LogP contribution in [0.15, 0.2) is 0 Å². The molecule has 6 nitrogen and oxygen atoms in total. The first-order valence-electron chi connectivity index (χ1n) is 4.07. The Labute approximate surface area is 74.3 Å². The molecule has 2 aliphatic rings. The van der Waals surface area contributed by atoms with Gasteiger partial charge in [-0.2, -0.15) is 0 Å². The smallest absolute Gasteiger partial charge is 0.219 e. The zero-order chi connectivity index (χ0) is 9.64. The van der Waals surface area contributed by atoms with Crippen LogP contribution in [0, 0.1) is 0 Å². The summed E-state index contributed by atoms with van der Waals surface area (Å²) in [6.45, 7) is -0.315. The van der Waals surface area contributed by atoms with Gasteiger partial charge in [0, 0.05) is 0 Å². The number of rotatable bonds is 2. The Kier molecular flexibility index (Phi) is 2.06. The number of epoxide rings is 1. The van der Waals surface area contributed by atoms with Gasteiger partial charge in [0.05, 0.1) is 13.2 Å². The van der Waals surface area contributed by atoms with E-state index in [1.165, 1.54) is 0 Å². The van der Waals surface area contributed by atoms with Crippen LogP contribution >= 0.6 is 0 Å². The van der Waals surface area contributed by atoms with E-state index in [1.54, 1.807) is 0 Å². The van der Waals surface area contributed by atoms with Crippen LogP contribution in [0.25, 0.3) is 0 Å². The van der Waals surface area contributed by atoms with Crippen molar-refractivity contribution < 1.29 is 29.9 Å². The van der Waals surface area contributed by atoms with Crippen molar-refractivity contribution in [2.24, 2.45) is 0 Å². The van der Waals surface area contributed by atoms with E-state index in [1.807, 2.05) is 0 Å². The molecule has 0 bridgehead atoms. The van der Waals surface area contributed by atoms with Crippen LogP contribution in [0.4, 0.5) is 0 Å². The summed E-state index contributed by atoms with van der Waals surface area (Å²) in [5.74, 6) is -2.06. The second-order valence-electron chi connectivity index (χ2n) is 3.39. The van der Waals surface area contributed by atoms with Gasteiger partial charge in [0.25, 0.3) is 0 Å². The summed E-state index contributed by atoms with van der Waals surface area (Å²) in [4.78, 5) is 0. The summed E-state index contributed by atoms with van der Waals surface area (Å²) in [6, 6.07) is 0. The van der Waals surface area contributed by atoms with Gasteiger partial charge in [-0.15, -0.1) is 0 Å². The largest absolute Gasteiger partial charge is 0.391 e. The number of aliphatic hydroxyl groups is 4. The molecule has 2 fully saturated rings. The van der Waals surface area contributed by atoms with Crippen molar-refractivity contribution in [3.05, 3.63) is 0 Å². The van der Waals surface area contributed by atoms with Crippen LogP contribution in [-0.4, -0.2) is 63.8 Å². The molecule has 13 heavy (non-hydrogen) atoms. The fraction of sp³-hybridized carbons (Fsp3) is 1.00. The zero-order valence-corrected chi connectivity index (χ0v) is 6.83. The Morgan fingerprint density at radius 3 is 2.38 bits per heavy atom. The summed E-state index contributed by atoms with van der Waals surface area (Å²) >= 11 is 0. The van der Waals surface area contributed by atoms with Crippen molar-refractivity contribution in [1.82, 2.24) is 0 Å². The first-order valence-corrected chi connectivity index (χ1v) is 4.07. The second kappa shape index (κ2) is 2.88. The predicted molar refractivity (Wildman–Crippen MR) is 38.7 cm³/mol. The summed E-state index contributed by atoms with van der Waals surface area (Å²) < 4.78 is 9.79. The van der Waals surface area contributed by atoms with E-state index in [4.69, 9.17) is 14.6 Å². The van der Waals surface area contributed by atoms with Crippen LogP contribution in [0.2, 0.25) is 0 Å². The number of ether oxygens (including phenoxy) is 2. The van der Waals surface area contributed by atoms with E-state index >= 15 is 0 Å². The summed E-state index contributed by atoms with van der Waals surface area (Å²) in [7, 11) is 0. The predicted octanol–water partition coefficient (Wildman–Crippen LogP) is -2.81. The third kappa shape index (κ3) is 1.35. The lowest BCUT2D eigenvalue weighted by Gasteiger charge is -2.22. The van der Waals surface area contributed by atoms with Gasteiger partial charge in [-0.25, -0.2) is 0 Å². The van der Waals surface area contributed by atoms with Crippen LogP contribution in [0.3, 0.4) is 0 Å². The molecule has 0 spiro atoms. The maximum absolute atomic E-state index is 9.45. The molecule has 0 saturated carbocycles. The van der Waals surface area contributed by atoms with Crippen LogP contribution < -0.4 is 0 Å². The molecule has 0 radical (unpaired) electrons. The van der Waals surface area contributed by atoms with Gasteiger partial charge >= 0.3 is 0 Å². The van der Waals surface area contributed by atoms with Crippen LogP contribution in [-0.2, 0) is 9.47 Å². The quantitative estimate of drug-likeness (QED) is 0.352. The lowest BCUT2D eigenvalue weighted by molar-refractivity contribution is -0.246. The van der Waals surface area contributed by atoms with E-state index < -0.39 is 30.7 Å². The van der Waals surface area contributed by atoms with Gasteiger partial charge in [0.1, 0.15) is 24.4 Å². The third-order valence-electron chi connectivity index (χ3n) is 2.41. The Morgan fingerprint density at radius 2 is 2.00 bits per heavy atom. The van der Waals surface area contributed by atoms with Crippen molar-refractivity contribution >= 4 is 0 Å². The molecular weight excluding hydrogens is 180 g/mol. The highest BCUT2D eigenvalue weighted by atomic mass is 16.7. The Morgan fingerprint density at radius 1 is 1.38 bits per heavy atom. The van der Waals surface area contributed by atoms with Crippen molar-refractivity contribution in [2.75, 3.05) is 13.2 Å². The minimum Gasteiger partial charge on any atom is -0.391 e. The average Bonchev–Trinajstić information content (AvgIpc) is 2.91. The molecule has 6 heteroatoms. The topological polar surface area (TPSA) is 103 Å². The van der Waals surface area contributed by atoms with E-state index in [2.05, 4.69) is 0 Å². The van der Waals surface area contributed by atoms with E-state index in [9.17, 15) is 15.3 Å². The maximum atomic E-state index is 9.45. The Hall–Kier alpha value is -0.240. The van der Waals surface area contributed by atoms with Crippen LogP contribution in [0.5, 0.6) is 0 Å². The molecule has 0 aliphatic carbocycles. The van der Waals surface area contributed by atoms with Crippen molar-refractivity contribution in [1.29, 1.82) is 0 Å². The highest BCUT2D eigenvalue weighted by Gasteiger charge is 2.57. The first kappa shape index (κ1) is 9.32. The molecule has 0 aromatic carbocycles. The van der Waals surface area contributed by atoms with Crippen molar-refractivity contribution in [2.45, 2.75) is 30.2 Å². The lowest BCUT2D eigenvalue weighted by Crippen LogP contribution is -2.46. The van der Waals surface area contributed by atoms with Gasteiger partial charge in [-0.05, 0) is 0 Å². The summed E-state index contributed by atoms with van der Waals surface area (Å²) in [5.41, 5.74) is 0. The molecule has 0 aromatic rings. The number of aliphatic hydroxyl groups excluding tert-OH is 3. The van der Waals surface area contributed by atoms with Crippen LogP contribution in [0.1, 0.15) is 0 Å². The van der Waals surface area contributed by atoms with Gasteiger partial charge < -0.3 is 29.9 Å². The summed E-state index contributed by atoms with van der Waals surface area (Å²) in [5, 5.41) is 36.9. The number of hydrogen-bond acceptors (Lipinski definition) is 6. The molecule has 0 unspecified atom stereocenters. The number of hydrogen-bond donors (Lipinski definition) is 4. The highest BCUT2D eigenvalue weighted by molar-refractivity contribution is 5.00. The fourth-order valence-corrected chi connectivity index (χ4v) is 1.49. The third-order valence-corrected chi connectivity index (χ3v) is 2.41. The molecule has 2 aliphatic heterocycles. The standard InChI is InChI=1S/C7H12O6/c8-2-7(11)6(10)4(9)5(13-7)3-1-12-3/h3-6,8-11H,1-2H2/t3-,4+,5+,6-,7-/m0/s1. The Balaban J connectivity index is 2.11. The minimum absolute atomic E-state index is 0.287. The van der Waals surface area contributed by atoms with E-state index in [0.29, 0.717) is 6.61 Å². The van der Waals surface area contributed by atoms with Crippen molar-refractivity contribution in [3.8, 4) is 0 Å². The van der Waals surface area contributed by atoms with Gasteiger partial charge in [0.2, 0.25) is 5.79 Å². The molecule has 76 valence electrons. The maximum Gasteiger partial charge on any atom is 0.219 e. The average molecular weight is 192 g/mol. The molecule has 2 heterocycles. The Bertz CT molecular complexity index is 205. The molecule has 0 aromatic heterocycles. The monoisotopic (exact) mass is 192 g/mol. The normalized spacial score (nSPS) is 55.4. The van der Waals surface area contributed by atoms with E-state index in [-0.39, 0.29) is 6.10 Å². The SMILES string of the molecule is OC[C@]1(O)O[C@H]([C@@H]2CO2)[C@@H](O)[C@@H]1O. The highest BCUT2D eigenvalue weighted by Crippen LogP contribution is 2.34. The van der Waals surface area contributed by atoms with Gasteiger partial charge in [-0.1, -0.05) is 0 Å². The fourth-order valence-electron chi connectivity index (χ4n) is 1.49. The molecule has 2 rings (SSSR count). The van der Waals surface area contributed by atoms with Gasteiger partial charge in [0.15, 0.2) is 0 Å². The molecule has 2 saturated heterocycles. The minimum atomic E-state index is -2.06. The summed E-state index contributed by atoms with van der Waals surface area (Å²) in [6.07, 6.45) is -3.76. The lowest BCUT2D eigenvalue weighted by atomic mass is 10.0. The van der Waals surface area contributed by atoms with E-state index in [0.717, 1.165) is 0 Å². The van der Waals surface area contributed by atoms with Gasteiger partial charge in [-0.3, -0.25) is 0 Å². The molecular formula is C7H12O6. The van der Waals surface area contributed by atoms with Crippen molar-refractivity contribution in [3.63, 3.8) is 0 Å².